The number of nitrogens with zero attached hydrogens (tertiary/aromatic N) is 3. The van der Waals surface area contributed by atoms with E-state index in [1.165, 1.54) is 11.6 Å². The zero-order chi connectivity index (χ0) is 16.4. The lowest BCUT2D eigenvalue weighted by Gasteiger charge is -2.33. The Bertz CT molecular complexity index is 662. The highest BCUT2D eigenvalue weighted by atomic mass is 19.1. The molecule has 0 saturated carbocycles. The molecule has 0 aliphatic carbocycles. The average Bonchev–Trinajstić information content (AvgIpc) is 2.96. The van der Waals surface area contributed by atoms with Gasteiger partial charge >= 0.3 is 0 Å². The highest BCUT2D eigenvalue weighted by molar-refractivity contribution is 5.20. The molecular formula is C18H24FN3O. The number of benzene rings is 1. The van der Waals surface area contributed by atoms with Crippen LogP contribution in [0.4, 0.5) is 4.39 Å². The molecule has 0 radical (unpaired) electrons. The third kappa shape index (κ3) is 3.98. The molecule has 3 rings (SSSR count). The number of hydrogen-bond donors (Lipinski definition) is 0. The van der Waals surface area contributed by atoms with E-state index in [1.54, 1.807) is 12.1 Å². The average molecular weight is 317 g/mol. The first-order chi connectivity index (χ1) is 10.9. The molecular weight excluding hydrogens is 293 g/mol. The molecule has 2 heterocycles. The Kier molecular flexibility index (Phi) is 4.50. The number of hydrogen-bond acceptors (Lipinski definition) is 3. The SMILES string of the molecule is CC(C)(C)n1cc(CN2CCO[C@@H](c3cccc(F)c3)C2)cn1. The smallest absolute Gasteiger partial charge is 0.123 e. The minimum atomic E-state index is -0.213. The second-order valence-corrected chi connectivity index (χ2v) is 7.11. The first-order valence-corrected chi connectivity index (χ1v) is 8.05. The first-order valence-electron chi connectivity index (χ1n) is 8.05. The monoisotopic (exact) mass is 317 g/mol. The van der Waals surface area contributed by atoms with Crippen LogP contribution in [-0.4, -0.2) is 34.4 Å². The van der Waals surface area contributed by atoms with Crippen LogP contribution >= 0.6 is 0 Å². The Morgan fingerprint density at radius 3 is 2.87 bits per heavy atom. The minimum absolute atomic E-state index is 0.00659. The predicted molar refractivity (Wildman–Crippen MR) is 87.6 cm³/mol. The van der Waals surface area contributed by atoms with Crippen LogP contribution in [0.1, 0.15) is 38.0 Å². The van der Waals surface area contributed by atoms with Gasteiger partial charge in [-0.25, -0.2) is 4.39 Å². The molecule has 0 unspecified atom stereocenters. The van der Waals surface area contributed by atoms with E-state index < -0.39 is 0 Å². The van der Waals surface area contributed by atoms with E-state index in [0.29, 0.717) is 6.61 Å². The summed E-state index contributed by atoms with van der Waals surface area (Å²) in [7, 11) is 0. The molecule has 124 valence electrons. The zero-order valence-corrected chi connectivity index (χ0v) is 14.0. The summed E-state index contributed by atoms with van der Waals surface area (Å²) in [5, 5.41) is 4.45. The number of ether oxygens (including phenoxy) is 1. The number of rotatable bonds is 3. The van der Waals surface area contributed by atoms with Gasteiger partial charge in [0.25, 0.3) is 0 Å². The first kappa shape index (κ1) is 16.1. The lowest BCUT2D eigenvalue weighted by atomic mass is 10.1. The van der Waals surface area contributed by atoms with Gasteiger partial charge in [0.1, 0.15) is 5.82 Å². The fourth-order valence-corrected chi connectivity index (χ4v) is 2.82. The maximum atomic E-state index is 13.4. The number of aromatic nitrogens is 2. The Morgan fingerprint density at radius 2 is 2.17 bits per heavy atom. The molecule has 0 spiro atoms. The van der Waals surface area contributed by atoms with Crippen molar-refractivity contribution in [3.8, 4) is 0 Å². The van der Waals surface area contributed by atoms with Gasteiger partial charge in [0.2, 0.25) is 0 Å². The van der Waals surface area contributed by atoms with Crippen molar-refractivity contribution in [3.63, 3.8) is 0 Å². The van der Waals surface area contributed by atoms with Crippen molar-refractivity contribution in [1.82, 2.24) is 14.7 Å². The van der Waals surface area contributed by atoms with Gasteiger partial charge < -0.3 is 4.74 Å². The predicted octanol–water partition coefficient (Wildman–Crippen LogP) is 3.35. The second-order valence-electron chi connectivity index (χ2n) is 7.11. The van der Waals surface area contributed by atoms with E-state index in [0.717, 1.165) is 25.2 Å². The summed E-state index contributed by atoms with van der Waals surface area (Å²) >= 11 is 0. The van der Waals surface area contributed by atoms with E-state index in [4.69, 9.17) is 4.74 Å². The Balaban J connectivity index is 1.66. The fourth-order valence-electron chi connectivity index (χ4n) is 2.82. The lowest BCUT2D eigenvalue weighted by Crippen LogP contribution is -2.37. The van der Waals surface area contributed by atoms with Crippen LogP contribution in [0.5, 0.6) is 0 Å². The number of morpholine rings is 1. The van der Waals surface area contributed by atoms with Crippen LogP contribution in [0.25, 0.3) is 0 Å². The summed E-state index contributed by atoms with van der Waals surface area (Å²) in [6, 6.07) is 6.69. The van der Waals surface area contributed by atoms with E-state index in [2.05, 4.69) is 37.0 Å². The molecule has 1 saturated heterocycles. The molecule has 1 atom stereocenters. The fraction of sp³-hybridized carbons (Fsp3) is 0.500. The summed E-state index contributed by atoms with van der Waals surface area (Å²) in [6.45, 7) is 9.56. The van der Waals surface area contributed by atoms with Gasteiger partial charge in [0.15, 0.2) is 0 Å². The summed E-state index contributed by atoms with van der Waals surface area (Å²) in [4.78, 5) is 2.34. The van der Waals surface area contributed by atoms with Gasteiger partial charge in [-0.05, 0) is 38.5 Å². The van der Waals surface area contributed by atoms with Crippen LogP contribution in [0.15, 0.2) is 36.7 Å². The molecule has 1 aromatic heterocycles. The third-order valence-electron chi connectivity index (χ3n) is 4.10. The maximum Gasteiger partial charge on any atom is 0.123 e. The Labute approximate surface area is 136 Å². The standard InChI is InChI=1S/C18H24FN3O/c1-18(2,3)22-12-14(10-20-22)11-21-7-8-23-17(13-21)15-5-4-6-16(19)9-15/h4-6,9-10,12,17H,7-8,11,13H2,1-3H3/t17-/m1/s1. The highest BCUT2D eigenvalue weighted by Gasteiger charge is 2.23. The zero-order valence-electron chi connectivity index (χ0n) is 14.0. The van der Waals surface area contributed by atoms with Crippen LogP contribution in [-0.2, 0) is 16.8 Å². The van der Waals surface area contributed by atoms with Crippen molar-refractivity contribution in [2.24, 2.45) is 0 Å². The molecule has 1 aliphatic heterocycles. The molecule has 4 nitrogen and oxygen atoms in total. The van der Waals surface area contributed by atoms with Gasteiger partial charge in [0.05, 0.1) is 24.4 Å². The summed E-state index contributed by atoms with van der Waals surface area (Å²) in [5.41, 5.74) is 2.09. The lowest BCUT2D eigenvalue weighted by molar-refractivity contribution is -0.0330. The van der Waals surface area contributed by atoms with Gasteiger partial charge in [-0.15, -0.1) is 0 Å². The molecule has 23 heavy (non-hydrogen) atoms. The van der Waals surface area contributed by atoms with E-state index in [9.17, 15) is 4.39 Å². The Morgan fingerprint density at radius 1 is 1.35 bits per heavy atom. The topological polar surface area (TPSA) is 30.3 Å². The third-order valence-corrected chi connectivity index (χ3v) is 4.10. The van der Waals surface area contributed by atoms with Crippen LogP contribution in [0.2, 0.25) is 0 Å². The van der Waals surface area contributed by atoms with E-state index >= 15 is 0 Å². The van der Waals surface area contributed by atoms with Crippen LogP contribution in [0.3, 0.4) is 0 Å². The van der Waals surface area contributed by atoms with Crippen molar-refractivity contribution in [2.75, 3.05) is 19.7 Å². The molecule has 0 N–H and O–H groups in total. The molecule has 1 fully saturated rings. The molecule has 1 aliphatic rings. The van der Waals surface area contributed by atoms with Gasteiger partial charge in [-0.1, -0.05) is 12.1 Å². The maximum absolute atomic E-state index is 13.4. The van der Waals surface area contributed by atoms with Crippen molar-refractivity contribution in [2.45, 2.75) is 39.0 Å². The van der Waals surface area contributed by atoms with Crippen LogP contribution < -0.4 is 0 Å². The second kappa shape index (κ2) is 6.42. The van der Waals surface area contributed by atoms with Crippen molar-refractivity contribution in [1.29, 1.82) is 0 Å². The normalized spacial score (nSPS) is 19.9. The highest BCUT2D eigenvalue weighted by Crippen LogP contribution is 2.24. The van der Waals surface area contributed by atoms with Gasteiger partial charge in [0, 0.05) is 31.4 Å². The minimum Gasteiger partial charge on any atom is -0.371 e. The van der Waals surface area contributed by atoms with Crippen molar-refractivity contribution >= 4 is 0 Å². The summed E-state index contributed by atoms with van der Waals surface area (Å²) in [6.07, 6.45) is 3.96. The van der Waals surface area contributed by atoms with Gasteiger partial charge in [-0.2, -0.15) is 5.10 Å². The Hall–Kier alpha value is -1.72. The van der Waals surface area contributed by atoms with Gasteiger partial charge in [-0.3, -0.25) is 9.58 Å². The van der Waals surface area contributed by atoms with Crippen LogP contribution in [0, 0.1) is 5.82 Å². The quantitative estimate of drug-likeness (QED) is 0.870. The summed E-state index contributed by atoms with van der Waals surface area (Å²) in [5.74, 6) is -0.213. The molecule has 2 aromatic rings. The largest absolute Gasteiger partial charge is 0.371 e. The van der Waals surface area contributed by atoms with Crippen molar-refractivity contribution in [3.05, 3.63) is 53.6 Å². The summed E-state index contributed by atoms with van der Waals surface area (Å²) < 4.78 is 21.2. The number of halogens is 1. The molecule has 0 bridgehead atoms. The van der Waals surface area contributed by atoms with E-state index in [-0.39, 0.29) is 17.5 Å². The van der Waals surface area contributed by atoms with E-state index in [1.807, 2.05) is 16.9 Å². The molecule has 5 heteroatoms. The molecule has 0 amide bonds. The molecule has 1 aromatic carbocycles. The van der Waals surface area contributed by atoms with Crippen molar-refractivity contribution < 1.29 is 9.13 Å².